The molecule has 1 aliphatic carbocycles. The van der Waals surface area contributed by atoms with Crippen molar-refractivity contribution in [3.8, 4) is 11.4 Å². The van der Waals surface area contributed by atoms with Crippen LogP contribution in [-0.2, 0) is 0 Å². The van der Waals surface area contributed by atoms with Crippen molar-refractivity contribution < 1.29 is 0 Å². The second kappa shape index (κ2) is 4.64. The van der Waals surface area contributed by atoms with Gasteiger partial charge in [0.15, 0.2) is 5.82 Å². The Morgan fingerprint density at radius 1 is 1.37 bits per heavy atom. The predicted octanol–water partition coefficient (Wildman–Crippen LogP) is 2.59. The molecule has 0 amide bonds. The van der Waals surface area contributed by atoms with E-state index in [1.54, 1.807) is 0 Å². The molecule has 19 heavy (non-hydrogen) atoms. The van der Waals surface area contributed by atoms with E-state index in [0.717, 1.165) is 22.6 Å². The summed E-state index contributed by atoms with van der Waals surface area (Å²) >= 11 is 0. The van der Waals surface area contributed by atoms with Crippen molar-refractivity contribution in [2.45, 2.75) is 39.2 Å². The molecule has 0 bridgehead atoms. The van der Waals surface area contributed by atoms with Crippen molar-refractivity contribution in [1.82, 2.24) is 20.2 Å². The highest BCUT2D eigenvalue weighted by Gasteiger charge is 2.28. The minimum atomic E-state index is 0.358. The molecule has 0 spiro atoms. The van der Waals surface area contributed by atoms with Gasteiger partial charge in [-0.1, -0.05) is 6.42 Å². The smallest absolute Gasteiger partial charge is 0.182 e. The van der Waals surface area contributed by atoms with E-state index >= 15 is 0 Å². The standard InChI is InChI=1S/C14H19N5/c1-9-8-12(6-7-13(9)15)14-16-17-18-19(14)10(2)11-4-3-5-11/h6-8,10-11H,3-5,15H2,1-2H3. The minimum absolute atomic E-state index is 0.358. The van der Waals surface area contributed by atoms with Crippen molar-refractivity contribution in [2.75, 3.05) is 5.73 Å². The van der Waals surface area contributed by atoms with E-state index in [2.05, 4.69) is 22.4 Å². The largest absolute Gasteiger partial charge is 0.399 e. The Morgan fingerprint density at radius 3 is 2.79 bits per heavy atom. The maximum Gasteiger partial charge on any atom is 0.182 e. The van der Waals surface area contributed by atoms with Crippen LogP contribution in [0.4, 0.5) is 5.69 Å². The van der Waals surface area contributed by atoms with Crippen molar-refractivity contribution in [3.63, 3.8) is 0 Å². The lowest BCUT2D eigenvalue weighted by atomic mass is 9.80. The number of nitrogens with zero attached hydrogens (tertiary/aromatic N) is 4. The van der Waals surface area contributed by atoms with Crippen molar-refractivity contribution in [1.29, 1.82) is 0 Å². The van der Waals surface area contributed by atoms with E-state index in [9.17, 15) is 0 Å². The normalized spacial score (nSPS) is 17.2. The summed E-state index contributed by atoms with van der Waals surface area (Å²) in [5.74, 6) is 1.54. The second-order valence-electron chi connectivity index (χ2n) is 5.45. The van der Waals surface area contributed by atoms with Gasteiger partial charge in [0.25, 0.3) is 0 Å². The number of anilines is 1. The van der Waals surface area contributed by atoms with Crippen LogP contribution in [-0.4, -0.2) is 20.2 Å². The molecular weight excluding hydrogens is 238 g/mol. The Hall–Kier alpha value is -1.91. The number of benzene rings is 1. The van der Waals surface area contributed by atoms with Gasteiger partial charge in [0.05, 0.1) is 6.04 Å². The van der Waals surface area contributed by atoms with E-state index in [1.807, 2.05) is 29.8 Å². The van der Waals surface area contributed by atoms with Crippen molar-refractivity contribution in [3.05, 3.63) is 23.8 Å². The molecule has 1 aromatic carbocycles. The first-order valence-corrected chi connectivity index (χ1v) is 6.81. The van der Waals surface area contributed by atoms with Gasteiger partial charge in [0.2, 0.25) is 0 Å². The Morgan fingerprint density at radius 2 is 2.16 bits per heavy atom. The summed E-state index contributed by atoms with van der Waals surface area (Å²) in [4.78, 5) is 0. The van der Waals surface area contributed by atoms with E-state index < -0.39 is 0 Å². The molecule has 3 rings (SSSR count). The molecule has 1 atom stereocenters. The van der Waals surface area contributed by atoms with Crippen molar-refractivity contribution in [2.24, 2.45) is 5.92 Å². The number of tetrazole rings is 1. The van der Waals surface area contributed by atoms with Crippen molar-refractivity contribution >= 4 is 5.69 Å². The van der Waals surface area contributed by atoms with Crippen LogP contribution in [0, 0.1) is 12.8 Å². The Balaban J connectivity index is 1.96. The van der Waals surface area contributed by atoms with Gasteiger partial charge in [0, 0.05) is 11.3 Å². The first kappa shape index (κ1) is 12.1. The molecule has 1 fully saturated rings. The van der Waals surface area contributed by atoms with Crippen LogP contribution in [0.3, 0.4) is 0 Å². The molecule has 2 N–H and O–H groups in total. The Kier molecular flexibility index (Phi) is 2.97. The number of nitrogens with two attached hydrogens (primary N) is 1. The third-order valence-electron chi connectivity index (χ3n) is 4.24. The molecule has 1 unspecified atom stereocenters. The monoisotopic (exact) mass is 257 g/mol. The van der Waals surface area contributed by atoms with Gasteiger partial charge in [0.1, 0.15) is 0 Å². The Labute approximate surface area is 112 Å². The fourth-order valence-corrected chi connectivity index (χ4v) is 2.59. The van der Waals surface area contributed by atoms with Crippen LogP contribution in [0.5, 0.6) is 0 Å². The molecule has 0 aliphatic heterocycles. The zero-order valence-corrected chi connectivity index (χ0v) is 11.4. The molecule has 5 nitrogen and oxygen atoms in total. The number of rotatable bonds is 3. The topological polar surface area (TPSA) is 69.6 Å². The summed E-state index contributed by atoms with van der Waals surface area (Å²) in [6, 6.07) is 6.30. The zero-order valence-electron chi connectivity index (χ0n) is 11.4. The lowest BCUT2D eigenvalue weighted by molar-refractivity contribution is 0.210. The van der Waals surface area contributed by atoms with Crippen LogP contribution in [0.1, 0.15) is 37.8 Å². The summed E-state index contributed by atoms with van der Waals surface area (Å²) < 4.78 is 1.95. The van der Waals surface area contributed by atoms with Gasteiger partial charge < -0.3 is 5.73 Å². The molecule has 1 aliphatic rings. The fourth-order valence-electron chi connectivity index (χ4n) is 2.59. The summed E-state index contributed by atoms with van der Waals surface area (Å²) in [5.41, 5.74) is 8.75. The molecule has 1 aromatic heterocycles. The SMILES string of the molecule is Cc1cc(-c2nnnn2C(C)C2CCC2)ccc1N. The number of nitrogen functional groups attached to an aromatic ring is 1. The summed E-state index contributed by atoms with van der Waals surface area (Å²) in [6.07, 6.45) is 3.88. The molecule has 0 saturated heterocycles. The lowest BCUT2D eigenvalue weighted by Gasteiger charge is -2.31. The third kappa shape index (κ3) is 2.09. The second-order valence-corrected chi connectivity index (χ2v) is 5.45. The maximum absolute atomic E-state index is 5.86. The number of aromatic nitrogens is 4. The van der Waals surface area contributed by atoms with Crippen LogP contribution < -0.4 is 5.73 Å². The maximum atomic E-state index is 5.86. The third-order valence-corrected chi connectivity index (χ3v) is 4.24. The lowest BCUT2D eigenvalue weighted by Crippen LogP contribution is -2.24. The van der Waals surface area contributed by atoms with E-state index in [-0.39, 0.29) is 0 Å². The average Bonchev–Trinajstić information content (AvgIpc) is 2.79. The Bertz CT molecular complexity index is 585. The van der Waals surface area contributed by atoms with E-state index in [4.69, 9.17) is 5.73 Å². The fraction of sp³-hybridized carbons (Fsp3) is 0.500. The van der Waals surface area contributed by atoms with Crippen LogP contribution in [0.25, 0.3) is 11.4 Å². The first-order chi connectivity index (χ1) is 9.16. The molecule has 2 aromatic rings. The number of aryl methyl sites for hydroxylation is 1. The first-order valence-electron chi connectivity index (χ1n) is 6.81. The summed E-state index contributed by atoms with van der Waals surface area (Å²) in [5, 5.41) is 12.2. The molecular formula is C14H19N5. The highest BCUT2D eigenvalue weighted by molar-refractivity contribution is 5.61. The summed E-state index contributed by atoms with van der Waals surface area (Å²) in [7, 11) is 0. The van der Waals surface area contributed by atoms with Gasteiger partial charge in [-0.2, -0.15) is 0 Å². The molecule has 0 radical (unpaired) electrons. The van der Waals surface area contributed by atoms with Gasteiger partial charge in [-0.15, -0.1) is 5.10 Å². The zero-order chi connectivity index (χ0) is 13.4. The number of hydrogen-bond acceptors (Lipinski definition) is 4. The highest BCUT2D eigenvalue weighted by atomic mass is 15.5. The van der Waals surface area contributed by atoms with Gasteiger partial charge in [-0.25, -0.2) is 4.68 Å². The molecule has 1 heterocycles. The van der Waals surface area contributed by atoms with E-state index in [1.165, 1.54) is 19.3 Å². The molecule has 100 valence electrons. The average molecular weight is 257 g/mol. The van der Waals surface area contributed by atoms with Gasteiger partial charge in [-0.05, 0) is 66.8 Å². The summed E-state index contributed by atoms with van der Waals surface area (Å²) in [6.45, 7) is 4.20. The van der Waals surface area contributed by atoms with E-state index in [0.29, 0.717) is 12.0 Å². The van der Waals surface area contributed by atoms with Crippen LogP contribution >= 0.6 is 0 Å². The minimum Gasteiger partial charge on any atom is -0.399 e. The quantitative estimate of drug-likeness (QED) is 0.858. The molecule has 1 saturated carbocycles. The predicted molar refractivity (Wildman–Crippen MR) is 74.5 cm³/mol. The number of hydrogen-bond donors (Lipinski definition) is 1. The highest BCUT2D eigenvalue weighted by Crippen LogP contribution is 2.37. The van der Waals surface area contributed by atoms with Gasteiger partial charge >= 0.3 is 0 Å². The van der Waals surface area contributed by atoms with Crippen LogP contribution in [0.15, 0.2) is 18.2 Å². The molecule has 5 heteroatoms. The van der Waals surface area contributed by atoms with Gasteiger partial charge in [-0.3, -0.25) is 0 Å². The van der Waals surface area contributed by atoms with Crippen LogP contribution in [0.2, 0.25) is 0 Å².